The van der Waals surface area contributed by atoms with Gasteiger partial charge in [0.2, 0.25) is 0 Å². The number of benzene rings is 1. The predicted molar refractivity (Wildman–Crippen MR) is 55.3 cm³/mol. The molecule has 2 heterocycles. The summed E-state index contributed by atoms with van der Waals surface area (Å²) in [4.78, 5) is 2.10. The van der Waals surface area contributed by atoms with Crippen LogP contribution < -0.4 is 0 Å². The average Bonchev–Trinajstić information content (AvgIpc) is 2.66. The van der Waals surface area contributed by atoms with Crippen LogP contribution in [0.25, 0.3) is 6.08 Å². The SMILES string of the molecule is OC1c2ccccc2C=C2CCCN21. The first kappa shape index (κ1) is 8.06. The Morgan fingerprint density at radius 3 is 3.07 bits per heavy atom. The van der Waals surface area contributed by atoms with E-state index in [-0.39, 0.29) is 0 Å². The Labute approximate surface area is 83.5 Å². The van der Waals surface area contributed by atoms with Crippen LogP contribution in [0.4, 0.5) is 0 Å². The number of hydrogen-bond acceptors (Lipinski definition) is 2. The molecule has 2 nitrogen and oxygen atoms in total. The molecule has 1 aromatic carbocycles. The smallest absolute Gasteiger partial charge is 0.153 e. The van der Waals surface area contributed by atoms with Gasteiger partial charge in [0.05, 0.1) is 0 Å². The Bertz CT molecular complexity index is 397. The van der Waals surface area contributed by atoms with E-state index in [9.17, 15) is 5.11 Å². The molecule has 0 aromatic heterocycles. The van der Waals surface area contributed by atoms with E-state index in [1.54, 1.807) is 0 Å². The third kappa shape index (κ3) is 1.01. The van der Waals surface area contributed by atoms with Crippen LogP contribution in [0.15, 0.2) is 30.0 Å². The van der Waals surface area contributed by atoms with Crippen LogP contribution in [-0.2, 0) is 0 Å². The summed E-state index contributed by atoms with van der Waals surface area (Å²) in [5, 5.41) is 10.1. The standard InChI is InChI=1S/C12H13NO/c14-12-11-6-2-1-4-9(11)8-10-5-3-7-13(10)12/h1-2,4,6,8,12,14H,3,5,7H2. The van der Waals surface area contributed by atoms with E-state index in [0.717, 1.165) is 24.9 Å². The first-order chi connectivity index (χ1) is 6.86. The second-order valence-corrected chi connectivity index (χ2v) is 3.94. The van der Waals surface area contributed by atoms with Crippen molar-refractivity contribution >= 4 is 6.08 Å². The molecule has 1 atom stereocenters. The van der Waals surface area contributed by atoms with Crippen molar-refractivity contribution in [1.82, 2.24) is 4.90 Å². The van der Waals surface area contributed by atoms with Gasteiger partial charge in [-0.2, -0.15) is 0 Å². The molecular formula is C12H13NO. The molecular weight excluding hydrogens is 174 g/mol. The number of allylic oxidation sites excluding steroid dienone is 1. The molecule has 72 valence electrons. The van der Waals surface area contributed by atoms with E-state index < -0.39 is 6.23 Å². The molecule has 2 heteroatoms. The minimum atomic E-state index is -0.423. The highest BCUT2D eigenvalue weighted by Gasteiger charge is 2.29. The quantitative estimate of drug-likeness (QED) is 0.672. The number of nitrogens with zero attached hydrogens (tertiary/aromatic N) is 1. The van der Waals surface area contributed by atoms with Crippen LogP contribution in [0.5, 0.6) is 0 Å². The third-order valence-corrected chi connectivity index (χ3v) is 3.09. The van der Waals surface area contributed by atoms with Gasteiger partial charge >= 0.3 is 0 Å². The fourth-order valence-electron chi connectivity index (χ4n) is 2.38. The van der Waals surface area contributed by atoms with E-state index in [0.29, 0.717) is 0 Å². The van der Waals surface area contributed by atoms with Gasteiger partial charge in [0.15, 0.2) is 6.23 Å². The first-order valence-electron chi connectivity index (χ1n) is 5.10. The van der Waals surface area contributed by atoms with Crippen LogP contribution in [0.1, 0.15) is 30.2 Å². The van der Waals surface area contributed by atoms with E-state index >= 15 is 0 Å². The topological polar surface area (TPSA) is 23.5 Å². The lowest BCUT2D eigenvalue weighted by Crippen LogP contribution is -2.27. The molecule has 2 aliphatic heterocycles. The van der Waals surface area contributed by atoms with Gasteiger partial charge in [0.1, 0.15) is 0 Å². The third-order valence-electron chi connectivity index (χ3n) is 3.09. The Morgan fingerprint density at radius 1 is 1.29 bits per heavy atom. The fraction of sp³-hybridized carbons (Fsp3) is 0.333. The Balaban J connectivity index is 2.15. The maximum Gasteiger partial charge on any atom is 0.153 e. The molecule has 1 unspecified atom stereocenters. The summed E-state index contributed by atoms with van der Waals surface area (Å²) >= 11 is 0. The molecule has 1 aromatic rings. The summed E-state index contributed by atoms with van der Waals surface area (Å²) in [5.74, 6) is 0. The summed E-state index contributed by atoms with van der Waals surface area (Å²) in [6.07, 6.45) is 4.05. The molecule has 0 saturated carbocycles. The van der Waals surface area contributed by atoms with Crippen molar-refractivity contribution in [3.63, 3.8) is 0 Å². The number of hydrogen-bond donors (Lipinski definition) is 1. The van der Waals surface area contributed by atoms with Gasteiger partial charge in [0.25, 0.3) is 0 Å². The summed E-state index contributed by atoms with van der Waals surface area (Å²) in [6, 6.07) is 8.08. The van der Waals surface area contributed by atoms with E-state index in [1.165, 1.54) is 11.3 Å². The number of aliphatic hydroxyl groups excluding tert-OH is 1. The molecule has 14 heavy (non-hydrogen) atoms. The monoisotopic (exact) mass is 187 g/mol. The summed E-state index contributed by atoms with van der Waals surface area (Å²) in [6.45, 7) is 0.987. The maximum atomic E-state index is 10.1. The maximum absolute atomic E-state index is 10.1. The zero-order valence-electron chi connectivity index (χ0n) is 7.98. The predicted octanol–water partition coefficient (Wildman–Crippen LogP) is 2.13. The van der Waals surface area contributed by atoms with Gasteiger partial charge in [-0.25, -0.2) is 0 Å². The number of aliphatic hydroxyl groups is 1. The molecule has 3 rings (SSSR count). The molecule has 0 radical (unpaired) electrons. The zero-order valence-corrected chi connectivity index (χ0v) is 7.98. The van der Waals surface area contributed by atoms with E-state index in [4.69, 9.17) is 0 Å². The van der Waals surface area contributed by atoms with Crippen LogP contribution in [0, 0.1) is 0 Å². The van der Waals surface area contributed by atoms with Gasteiger partial charge < -0.3 is 10.0 Å². The second-order valence-electron chi connectivity index (χ2n) is 3.94. The highest BCUT2D eigenvalue weighted by molar-refractivity contribution is 5.60. The van der Waals surface area contributed by atoms with Crippen molar-refractivity contribution in [3.8, 4) is 0 Å². The van der Waals surface area contributed by atoms with Crippen molar-refractivity contribution in [2.45, 2.75) is 19.1 Å². The highest BCUT2D eigenvalue weighted by Crippen LogP contribution is 2.37. The Kier molecular flexibility index (Phi) is 1.64. The van der Waals surface area contributed by atoms with Crippen molar-refractivity contribution in [2.75, 3.05) is 6.54 Å². The molecule has 0 bridgehead atoms. The van der Waals surface area contributed by atoms with Crippen LogP contribution >= 0.6 is 0 Å². The molecule has 1 N–H and O–H groups in total. The summed E-state index contributed by atoms with van der Waals surface area (Å²) in [7, 11) is 0. The fourth-order valence-corrected chi connectivity index (χ4v) is 2.38. The van der Waals surface area contributed by atoms with Gasteiger partial charge in [-0.3, -0.25) is 0 Å². The van der Waals surface area contributed by atoms with Gasteiger partial charge in [-0.1, -0.05) is 24.3 Å². The van der Waals surface area contributed by atoms with Gasteiger partial charge in [-0.15, -0.1) is 0 Å². The minimum absolute atomic E-state index is 0.423. The molecule has 0 spiro atoms. The van der Waals surface area contributed by atoms with Crippen molar-refractivity contribution in [3.05, 3.63) is 41.1 Å². The number of fused-ring (bicyclic) bond motifs is 2. The van der Waals surface area contributed by atoms with Gasteiger partial charge in [0, 0.05) is 17.8 Å². The van der Waals surface area contributed by atoms with Crippen LogP contribution in [0.3, 0.4) is 0 Å². The zero-order chi connectivity index (χ0) is 9.54. The molecule has 0 aliphatic carbocycles. The summed E-state index contributed by atoms with van der Waals surface area (Å²) in [5.41, 5.74) is 3.50. The molecule has 1 fully saturated rings. The number of rotatable bonds is 0. The molecule has 1 saturated heterocycles. The minimum Gasteiger partial charge on any atom is -0.369 e. The van der Waals surface area contributed by atoms with Gasteiger partial charge in [-0.05, 0) is 24.5 Å². The average molecular weight is 187 g/mol. The normalized spacial score (nSPS) is 24.2. The van der Waals surface area contributed by atoms with Crippen LogP contribution in [0.2, 0.25) is 0 Å². The largest absolute Gasteiger partial charge is 0.369 e. The second kappa shape index (κ2) is 2.85. The lowest BCUT2D eigenvalue weighted by Gasteiger charge is -2.31. The lowest BCUT2D eigenvalue weighted by molar-refractivity contribution is 0.0363. The molecule has 2 aliphatic rings. The van der Waals surface area contributed by atoms with E-state index in [2.05, 4.69) is 17.0 Å². The lowest BCUT2D eigenvalue weighted by atomic mass is 10.0. The first-order valence-corrected chi connectivity index (χ1v) is 5.10. The van der Waals surface area contributed by atoms with Crippen molar-refractivity contribution < 1.29 is 5.11 Å². The highest BCUT2D eigenvalue weighted by atomic mass is 16.3. The summed E-state index contributed by atoms with van der Waals surface area (Å²) < 4.78 is 0. The molecule has 0 amide bonds. The van der Waals surface area contributed by atoms with Crippen molar-refractivity contribution in [1.29, 1.82) is 0 Å². The Hall–Kier alpha value is -1.28. The van der Waals surface area contributed by atoms with Crippen LogP contribution in [-0.4, -0.2) is 16.6 Å². The van der Waals surface area contributed by atoms with E-state index in [1.807, 2.05) is 18.2 Å². The Morgan fingerprint density at radius 2 is 2.14 bits per heavy atom. The van der Waals surface area contributed by atoms with Crippen molar-refractivity contribution in [2.24, 2.45) is 0 Å².